The number of hydrogen-bond donors (Lipinski definition) is 1. The Balaban J connectivity index is 2.01. The van der Waals surface area contributed by atoms with Crippen LogP contribution in [0.2, 0.25) is 0 Å². The summed E-state index contributed by atoms with van der Waals surface area (Å²) in [5.74, 6) is 0. The van der Waals surface area contributed by atoms with Crippen LogP contribution in [0.1, 0.15) is 41.9 Å². The molecule has 0 spiro atoms. The van der Waals surface area contributed by atoms with E-state index in [0.717, 1.165) is 6.54 Å². The molecular weight excluding hydrogens is 230 g/mol. The molecule has 0 aliphatic carbocycles. The minimum Gasteiger partial charge on any atom is -0.313 e. The van der Waals surface area contributed by atoms with E-state index in [-0.39, 0.29) is 0 Å². The smallest absolute Gasteiger partial charge is 0.0900 e. The van der Waals surface area contributed by atoms with Crippen LogP contribution in [0.25, 0.3) is 0 Å². The predicted octanol–water partition coefficient (Wildman–Crippen LogP) is 2.50. The molecule has 1 aliphatic rings. The summed E-state index contributed by atoms with van der Waals surface area (Å²) in [7, 11) is 0. The first-order valence-corrected chi connectivity index (χ1v) is 7.34. The third kappa shape index (κ3) is 2.87. The lowest BCUT2D eigenvalue weighted by Crippen LogP contribution is -2.33. The van der Waals surface area contributed by atoms with E-state index < -0.39 is 0 Å². The van der Waals surface area contributed by atoms with Gasteiger partial charge in [-0.2, -0.15) is 0 Å². The van der Waals surface area contributed by atoms with Crippen molar-refractivity contribution in [1.82, 2.24) is 15.2 Å². The van der Waals surface area contributed by atoms with Crippen molar-refractivity contribution in [3.8, 4) is 0 Å². The second kappa shape index (κ2) is 5.46. The second-order valence-electron chi connectivity index (χ2n) is 4.90. The normalized spacial score (nSPS) is 23.2. The van der Waals surface area contributed by atoms with E-state index >= 15 is 0 Å². The molecular formula is C13H23N3S. The van der Waals surface area contributed by atoms with Crippen molar-refractivity contribution < 1.29 is 0 Å². The lowest BCUT2D eigenvalue weighted by molar-refractivity contribution is 0.258. The Labute approximate surface area is 108 Å². The molecule has 1 aromatic heterocycles. The van der Waals surface area contributed by atoms with E-state index in [1.807, 2.05) is 11.3 Å². The van der Waals surface area contributed by atoms with Crippen LogP contribution >= 0.6 is 11.3 Å². The zero-order chi connectivity index (χ0) is 12.4. The van der Waals surface area contributed by atoms with E-state index in [1.54, 1.807) is 0 Å². The Bertz CT molecular complexity index is 375. The number of likely N-dealkylation sites (N-methyl/N-ethyl adjacent to an activating group) is 1. The van der Waals surface area contributed by atoms with Crippen molar-refractivity contribution in [2.24, 2.45) is 0 Å². The van der Waals surface area contributed by atoms with Gasteiger partial charge in [0, 0.05) is 30.1 Å². The molecule has 1 aromatic rings. The Morgan fingerprint density at radius 2 is 2.29 bits per heavy atom. The van der Waals surface area contributed by atoms with Crippen LogP contribution in [-0.2, 0) is 0 Å². The molecule has 1 N–H and O–H groups in total. The molecule has 2 heterocycles. The minimum absolute atomic E-state index is 0.518. The van der Waals surface area contributed by atoms with Gasteiger partial charge in [0.2, 0.25) is 0 Å². The summed E-state index contributed by atoms with van der Waals surface area (Å²) in [6, 6.07) is 1.20. The largest absolute Gasteiger partial charge is 0.313 e. The lowest BCUT2D eigenvalue weighted by Gasteiger charge is -2.23. The maximum absolute atomic E-state index is 4.54. The Morgan fingerprint density at radius 3 is 2.88 bits per heavy atom. The van der Waals surface area contributed by atoms with Gasteiger partial charge in [-0.05, 0) is 33.7 Å². The first-order valence-electron chi connectivity index (χ1n) is 6.53. The fourth-order valence-electron chi connectivity index (χ4n) is 2.69. The average Bonchev–Trinajstić information content (AvgIpc) is 2.85. The molecule has 3 nitrogen and oxygen atoms in total. The van der Waals surface area contributed by atoms with Gasteiger partial charge in [-0.25, -0.2) is 4.98 Å². The number of aromatic nitrogens is 1. The molecule has 17 heavy (non-hydrogen) atoms. The first-order chi connectivity index (χ1) is 8.11. The molecule has 0 amide bonds. The van der Waals surface area contributed by atoms with Gasteiger partial charge in [-0.1, -0.05) is 6.92 Å². The van der Waals surface area contributed by atoms with Crippen molar-refractivity contribution in [2.45, 2.75) is 46.2 Å². The van der Waals surface area contributed by atoms with Crippen LogP contribution < -0.4 is 5.32 Å². The van der Waals surface area contributed by atoms with Gasteiger partial charge in [0.25, 0.3) is 0 Å². The maximum Gasteiger partial charge on any atom is 0.0900 e. The van der Waals surface area contributed by atoms with E-state index in [4.69, 9.17) is 0 Å². The van der Waals surface area contributed by atoms with Crippen LogP contribution in [-0.4, -0.2) is 35.6 Å². The fraction of sp³-hybridized carbons (Fsp3) is 0.769. The molecule has 96 valence electrons. The molecule has 0 saturated carbocycles. The highest BCUT2D eigenvalue weighted by Crippen LogP contribution is 2.31. The quantitative estimate of drug-likeness (QED) is 0.893. The van der Waals surface area contributed by atoms with Gasteiger partial charge in [0.15, 0.2) is 0 Å². The number of nitrogens with zero attached hydrogens (tertiary/aromatic N) is 2. The number of aryl methyl sites for hydroxylation is 2. The monoisotopic (exact) mass is 253 g/mol. The highest BCUT2D eigenvalue weighted by molar-refractivity contribution is 7.11. The summed E-state index contributed by atoms with van der Waals surface area (Å²) in [4.78, 5) is 8.56. The third-order valence-electron chi connectivity index (χ3n) is 3.58. The molecule has 1 aliphatic heterocycles. The molecule has 2 unspecified atom stereocenters. The van der Waals surface area contributed by atoms with E-state index in [9.17, 15) is 0 Å². The van der Waals surface area contributed by atoms with Gasteiger partial charge >= 0.3 is 0 Å². The molecule has 2 atom stereocenters. The van der Waals surface area contributed by atoms with Crippen LogP contribution in [0, 0.1) is 13.8 Å². The van der Waals surface area contributed by atoms with Crippen molar-refractivity contribution in [3.63, 3.8) is 0 Å². The van der Waals surface area contributed by atoms with Gasteiger partial charge in [0.05, 0.1) is 10.7 Å². The molecule has 0 radical (unpaired) electrons. The van der Waals surface area contributed by atoms with Gasteiger partial charge < -0.3 is 5.32 Å². The van der Waals surface area contributed by atoms with Gasteiger partial charge in [0.1, 0.15) is 0 Å². The number of thiazole rings is 1. The van der Waals surface area contributed by atoms with E-state index in [0.29, 0.717) is 12.1 Å². The fourth-order valence-corrected chi connectivity index (χ4v) is 3.71. The summed E-state index contributed by atoms with van der Waals surface area (Å²) >= 11 is 1.85. The van der Waals surface area contributed by atoms with Crippen LogP contribution in [0.3, 0.4) is 0 Å². The molecule has 1 fully saturated rings. The van der Waals surface area contributed by atoms with Gasteiger partial charge in [-0.3, -0.25) is 4.90 Å². The SMILES string of the molecule is CCNC1CCN(C(C)c2sc(C)nc2C)C1. The maximum atomic E-state index is 4.54. The molecule has 2 rings (SSSR count). The zero-order valence-corrected chi connectivity index (χ0v) is 12.1. The number of nitrogens with one attached hydrogen (secondary N) is 1. The minimum atomic E-state index is 0.518. The molecule has 0 bridgehead atoms. The number of hydrogen-bond acceptors (Lipinski definition) is 4. The van der Waals surface area contributed by atoms with Gasteiger partial charge in [-0.15, -0.1) is 11.3 Å². The number of likely N-dealkylation sites (tertiary alicyclic amines) is 1. The van der Waals surface area contributed by atoms with Crippen LogP contribution in [0.5, 0.6) is 0 Å². The standard InChI is InChI=1S/C13H23N3S/c1-5-14-12-6-7-16(8-12)10(3)13-9(2)15-11(4)17-13/h10,12,14H,5-8H2,1-4H3. The lowest BCUT2D eigenvalue weighted by atomic mass is 10.2. The van der Waals surface area contributed by atoms with Crippen LogP contribution in [0.15, 0.2) is 0 Å². The Morgan fingerprint density at radius 1 is 1.53 bits per heavy atom. The predicted molar refractivity (Wildman–Crippen MR) is 73.7 cm³/mol. The van der Waals surface area contributed by atoms with E-state index in [1.165, 1.54) is 35.1 Å². The Hall–Kier alpha value is -0.450. The summed E-state index contributed by atoms with van der Waals surface area (Å²) in [5.41, 5.74) is 1.21. The highest BCUT2D eigenvalue weighted by Gasteiger charge is 2.27. The van der Waals surface area contributed by atoms with Crippen molar-refractivity contribution in [1.29, 1.82) is 0 Å². The topological polar surface area (TPSA) is 28.2 Å². The zero-order valence-electron chi connectivity index (χ0n) is 11.3. The number of rotatable bonds is 4. The highest BCUT2D eigenvalue weighted by atomic mass is 32.1. The van der Waals surface area contributed by atoms with Crippen LogP contribution in [0.4, 0.5) is 0 Å². The first kappa shape index (κ1) is 13.0. The second-order valence-corrected chi connectivity index (χ2v) is 6.13. The van der Waals surface area contributed by atoms with E-state index in [2.05, 4.69) is 42.9 Å². The summed E-state index contributed by atoms with van der Waals surface area (Å²) in [6.07, 6.45) is 1.27. The van der Waals surface area contributed by atoms with Crippen molar-refractivity contribution >= 4 is 11.3 Å². The third-order valence-corrected chi connectivity index (χ3v) is 4.82. The molecule has 4 heteroatoms. The summed E-state index contributed by atoms with van der Waals surface area (Å²) in [6.45, 7) is 12.2. The van der Waals surface area contributed by atoms with Crippen molar-refractivity contribution in [3.05, 3.63) is 15.6 Å². The Kier molecular flexibility index (Phi) is 4.17. The molecule has 1 saturated heterocycles. The molecule has 0 aromatic carbocycles. The summed E-state index contributed by atoms with van der Waals surface area (Å²) in [5, 5.41) is 4.73. The van der Waals surface area contributed by atoms with Crippen molar-refractivity contribution in [2.75, 3.05) is 19.6 Å². The summed E-state index contributed by atoms with van der Waals surface area (Å²) < 4.78 is 0. The average molecular weight is 253 g/mol.